The smallest absolute Gasteiger partial charge is 0.351 e. The van der Waals surface area contributed by atoms with Gasteiger partial charge in [-0.25, -0.2) is 4.79 Å². The lowest BCUT2D eigenvalue weighted by atomic mass is 9.80. The number of ether oxygens (including phenoxy) is 6. The molecule has 308 valence electrons. The molecule has 0 spiro atoms. The lowest BCUT2D eigenvalue weighted by molar-refractivity contribution is -0.386. The predicted molar refractivity (Wildman–Crippen MR) is 219 cm³/mol. The third-order valence-corrected chi connectivity index (χ3v) is 10.1. The Kier molecular flexibility index (Phi) is 13.0. The van der Waals surface area contributed by atoms with Crippen molar-refractivity contribution in [1.82, 2.24) is 9.55 Å². The SMILES string of the molecule is COc1ccc(C(OC[C@@H]2O[C@H](n3ccc(NC(=O)c4ccccc4)nc3=O)[C@@H](OCOCc3ccccc3[N+](=O)[O-])[C@H]2O)(c2ccccc2)c2ccc(OC)cc2)cc1. The Morgan fingerprint density at radius 1 is 0.833 bits per heavy atom. The zero-order valence-electron chi connectivity index (χ0n) is 32.7. The molecule has 15 nitrogen and oxygen atoms in total. The fraction of sp³-hybridized carbons (Fsp3) is 0.222. The second kappa shape index (κ2) is 18.9. The van der Waals surface area contributed by atoms with E-state index in [-0.39, 0.29) is 24.7 Å². The van der Waals surface area contributed by atoms with Crippen LogP contribution in [-0.4, -0.2) is 71.4 Å². The Bertz CT molecular complexity index is 2380. The summed E-state index contributed by atoms with van der Waals surface area (Å²) in [5.74, 6) is 0.821. The van der Waals surface area contributed by atoms with Crippen LogP contribution < -0.4 is 20.5 Å². The maximum atomic E-state index is 13.6. The number of carbonyl (C=O) groups is 1. The van der Waals surface area contributed by atoms with Gasteiger partial charge in [-0.2, -0.15) is 4.98 Å². The number of para-hydroxylation sites is 1. The van der Waals surface area contributed by atoms with Gasteiger partial charge in [-0.15, -0.1) is 0 Å². The van der Waals surface area contributed by atoms with Gasteiger partial charge in [-0.1, -0.05) is 84.9 Å². The van der Waals surface area contributed by atoms with Crippen molar-refractivity contribution in [2.45, 2.75) is 36.7 Å². The second-order valence-corrected chi connectivity index (χ2v) is 13.7. The summed E-state index contributed by atoms with van der Waals surface area (Å²) in [6.45, 7) is -0.812. The monoisotopic (exact) mass is 814 g/mol. The molecule has 2 N–H and O–H groups in total. The number of hydrogen-bond acceptors (Lipinski definition) is 12. The normalized spacial score (nSPS) is 17.5. The number of nitro groups is 1. The van der Waals surface area contributed by atoms with E-state index in [4.69, 9.17) is 28.4 Å². The summed E-state index contributed by atoms with van der Waals surface area (Å²) in [7, 11) is 3.16. The highest BCUT2D eigenvalue weighted by Gasteiger charge is 2.48. The number of carbonyl (C=O) groups excluding carboxylic acids is 1. The summed E-state index contributed by atoms with van der Waals surface area (Å²) in [5.41, 5.74) is 0.769. The number of anilines is 1. The van der Waals surface area contributed by atoms with Gasteiger partial charge in [0.1, 0.15) is 48.0 Å². The molecule has 0 radical (unpaired) electrons. The number of hydrogen-bond donors (Lipinski definition) is 2. The van der Waals surface area contributed by atoms with E-state index in [0.717, 1.165) is 21.3 Å². The topological polar surface area (TPSA) is 183 Å². The average molecular weight is 815 g/mol. The molecule has 1 aliphatic heterocycles. The zero-order valence-corrected chi connectivity index (χ0v) is 32.7. The minimum absolute atomic E-state index is 0.000386. The molecule has 1 saturated heterocycles. The molecule has 15 heteroatoms. The summed E-state index contributed by atoms with van der Waals surface area (Å²) >= 11 is 0. The van der Waals surface area contributed by atoms with E-state index >= 15 is 0 Å². The number of nitro benzene ring substituents is 1. The first-order valence-corrected chi connectivity index (χ1v) is 18.9. The van der Waals surface area contributed by atoms with E-state index in [9.17, 15) is 24.8 Å². The number of methoxy groups -OCH3 is 2. The Labute approximate surface area is 344 Å². The number of aliphatic hydroxyl groups is 1. The van der Waals surface area contributed by atoms with Gasteiger partial charge in [-0.3, -0.25) is 19.5 Å². The number of nitrogens with one attached hydrogen (secondary N) is 1. The van der Waals surface area contributed by atoms with Crippen LogP contribution in [0.1, 0.15) is 38.8 Å². The van der Waals surface area contributed by atoms with Crippen molar-refractivity contribution in [1.29, 1.82) is 0 Å². The Morgan fingerprint density at radius 3 is 2.02 bits per heavy atom. The van der Waals surface area contributed by atoms with E-state index in [1.54, 1.807) is 62.8 Å². The van der Waals surface area contributed by atoms with Gasteiger partial charge in [0, 0.05) is 17.8 Å². The quantitative estimate of drug-likeness (QED) is 0.0348. The number of rotatable bonds is 17. The fourth-order valence-corrected chi connectivity index (χ4v) is 7.08. The highest BCUT2D eigenvalue weighted by molar-refractivity contribution is 6.03. The molecule has 0 unspecified atom stereocenters. The molecule has 0 saturated carbocycles. The Balaban J connectivity index is 1.20. The molecule has 4 atom stereocenters. The maximum absolute atomic E-state index is 13.6. The van der Waals surface area contributed by atoms with Crippen LogP contribution in [0, 0.1) is 10.1 Å². The van der Waals surface area contributed by atoms with Crippen molar-refractivity contribution < 1.29 is 43.2 Å². The van der Waals surface area contributed by atoms with Gasteiger partial charge in [0.25, 0.3) is 11.6 Å². The minimum atomic E-state index is -1.39. The number of amides is 1. The minimum Gasteiger partial charge on any atom is -0.497 e. The van der Waals surface area contributed by atoms with E-state index in [2.05, 4.69) is 10.3 Å². The fourth-order valence-electron chi connectivity index (χ4n) is 7.08. The molecule has 1 aliphatic rings. The average Bonchev–Trinajstić information content (AvgIpc) is 3.60. The largest absolute Gasteiger partial charge is 0.497 e. The number of aromatic nitrogens is 2. The zero-order chi connectivity index (χ0) is 42.1. The van der Waals surface area contributed by atoms with Crippen LogP contribution in [0.2, 0.25) is 0 Å². The summed E-state index contributed by atoms with van der Waals surface area (Å²) in [6, 6.07) is 40.5. The molecule has 0 aliphatic carbocycles. The molecule has 1 amide bonds. The van der Waals surface area contributed by atoms with Gasteiger partial charge in [0.15, 0.2) is 6.23 Å². The maximum Gasteiger partial charge on any atom is 0.351 e. The molecule has 7 rings (SSSR count). The third kappa shape index (κ3) is 8.95. The molecule has 60 heavy (non-hydrogen) atoms. The van der Waals surface area contributed by atoms with Crippen molar-refractivity contribution in [3.63, 3.8) is 0 Å². The van der Waals surface area contributed by atoms with Crippen LogP contribution in [0.15, 0.2) is 151 Å². The van der Waals surface area contributed by atoms with E-state index in [1.807, 2.05) is 78.9 Å². The third-order valence-electron chi connectivity index (χ3n) is 10.1. The summed E-state index contributed by atoms with van der Waals surface area (Å²) in [4.78, 5) is 41.6. The van der Waals surface area contributed by atoms with Crippen LogP contribution in [0.3, 0.4) is 0 Å². The van der Waals surface area contributed by atoms with Crippen LogP contribution in [0.4, 0.5) is 11.5 Å². The van der Waals surface area contributed by atoms with E-state index < -0.39 is 53.5 Å². The molecule has 1 fully saturated rings. The van der Waals surface area contributed by atoms with Crippen molar-refractivity contribution >= 4 is 17.4 Å². The first kappa shape index (κ1) is 41.4. The Morgan fingerprint density at radius 2 is 1.42 bits per heavy atom. The van der Waals surface area contributed by atoms with Crippen LogP contribution in [0.5, 0.6) is 11.5 Å². The van der Waals surface area contributed by atoms with Crippen molar-refractivity contribution in [3.05, 3.63) is 194 Å². The lowest BCUT2D eigenvalue weighted by Crippen LogP contribution is -2.41. The predicted octanol–water partition coefficient (Wildman–Crippen LogP) is 6.25. The Hall–Kier alpha value is -6.75. The van der Waals surface area contributed by atoms with Gasteiger partial charge >= 0.3 is 5.69 Å². The first-order valence-electron chi connectivity index (χ1n) is 18.9. The number of aliphatic hydroxyl groups excluding tert-OH is 1. The molecular formula is C45H42N4O11. The summed E-state index contributed by atoms with van der Waals surface area (Å²) < 4.78 is 37.3. The molecular weight excluding hydrogens is 773 g/mol. The number of benzene rings is 5. The first-order chi connectivity index (χ1) is 29.2. The van der Waals surface area contributed by atoms with Crippen LogP contribution in [-0.2, 0) is 31.2 Å². The summed E-state index contributed by atoms with van der Waals surface area (Å²) in [5, 5.41) is 26.1. The lowest BCUT2D eigenvalue weighted by Gasteiger charge is -2.37. The highest BCUT2D eigenvalue weighted by Crippen LogP contribution is 2.43. The van der Waals surface area contributed by atoms with Crippen molar-refractivity contribution in [2.75, 3.05) is 32.9 Å². The highest BCUT2D eigenvalue weighted by atomic mass is 16.7. The molecule has 0 bridgehead atoms. The molecule has 1 aromatic heterocycles. The summed E-state index contributed by atoms with van der Waals surface area (Å²) in [6.07, 6.45) is -3.57. The molecule has 2 heterocycles. The van der Waals surface area contributed by atoms with Crippen LogP contribution >= 0.6 is 0 Å². The van der Waals surface area contributed by atoms with Gasteiger partial charge < -0.3 is 38.8 Å². The van der Waals surface area contributed by atoms with Gasteiger partial charge in [0.2, 0.25) is 0 Å². The van der Waals surface area contributed by atoms with Crippen molar-refractivity contribution in [2.24, 2.45) is 0 Å². The van der Waals surface area contributed by atoms with Gasteiger partial charge in [-0.05, 0) is 65.2 Å². The van der Waals surface area contributed by atoms with E-state index in [0.29, 0.717) is 22.6 Å². The van der Waals surface area contributed by atoms with Gasteiger partial charge in [0.05, 0.1) is 37.9 Å². The molecule has 5 aromatic carbocycles. The standard InChI is InChI=1S/C45H42N4O11/c1-55-35-21-17-33(18-22-35)45(32-14-7-4-8-15-32,34-19-23-36(56-2)24-20-34)59-28-38-40(50)41(58-29-57-27-31-13-9-10-16-37(31)49(53)54)43(60-38)48-26-25-39(47-44(48)52)46-42(51)30-11-5-3-6-12-30/h3-26,38,40-41,43,50H,27-29H2,1-2H3,(H,46,47,51,52)/t38-,40-,41-,43-/m0/s1. The number of nitrogens with zero attached hydrogens (tertiary/aromatic N) is 3. The van der Waals surface area contributed by atoms with Crippen LogP contribution in [0.25, 0.3) is 0 Å². The van der Waals surface area contributed by atoms with Crippen molar-refractivity contribution in [3.8, 4) is 11.5 Å². The molecule has 6 aromatic rings. The van der Waals surface area contributed by atoms with E-state index in [1.165, 1.54) is 18.3 Å². The second-order valence-electron chi connectivity index (χ2n) is 13.7.